The number of hydrogen-bond donors (Lipinski definition) is 9. The van der Waals surface area contributed by atoms with Crippen LogP contribution in [-0.2, 0) is 33.2 Å². The minimum Gasteiger partial charge on any atom is -0.394 e. The van der Waals surface area contributed by atoms with Crippen LogP contribution >= 0.6 is 0 Å². The largest absolute Gasteiger partial charge is 0.394 e. The topological polar surface area (TPSA) is 247 Å². The molecule has 0 saturated carbocycles. The zero-order valence-electron chi connectivity index (χ0n) is 26.4. The highest BCUT2D eigenvalue weighted by molar-refractivity contribution is 4.95. The highest BCUT2D eigenvalue weighted by atomic mass is 16.7. The molecule has 9 N–H and O–H groups in total. The first-order chi connectivity index (χ1) is 21.3. The SMILES string of the molecule is CO[C@H]1OC(CO)[C@@H](CCOC[C@H]2OC(CO)[C@@H](CCOC[C@H]3OC(CC(C)(C)OC)[C@@H](O)C(O)C3O)C(O)C2O)C(O)C1O. The van der Waals surface area contributed by atoms with Gasteiger partial charge < -0.3 is 79.1 Å². The predicted octanol–water partition coefficient (Wildman–Crippen LogP) is -3.74. The normalized spacial score (nSPS) is 43.0. The van der Waals surface area contributed by atoms with Crippen LogP contribution in [0.5, 0.6) is 0 Å². The second-order valence-corrected chi connectivity index (χ2v) is 12.7. The number of rotatable bonds is 16. The first-order valence-corrected chi connectivity index (χ1v) is 15.5. The molecule has 3 aliphatic rings. The highest BCUT2D eigenvalue weighted by Gasteiger charge is 2.47. The van der Waals surface area contributed by atoms with Crippen LogP contribution in [0.1, 0.15) is 33.1 Å². The van der Waals surface area contributed by atoms with Crippen molar-refractivity contribution in [2.75, 3.05) is 53.9 Å². The van der Waals surface area contributed by atoms with E-state index in [4.69, 9.17) is 33.2 Å². The van der Waals surface area contributed by atoms with Gasteiger partial charge in [-0.3, -0.25) is 0 Å². The van der Waals surface area contributed by atoms with Gasteiger partial charge in [0.05, 0.1) is 62.5 Å². The van der Waals surface area contributed by atoms with E-state index in [2.05, 4.69) is 0 Å². The summed E-state index contributed by atoms with van der Waals surface area (Å²) in [5.74, 6) is -1.35. The van der Waals surface area contributed by atoms with Crippen LogP contribution < -0.4 is 0 Å². The molecule has 45 heavy (non-hydrogen) atoms. The Morgan fingerprint density at radius 2 is 1.00 bits per heavy atom. The summed E-state index contributed by atoms with van der Waals surface area (Å²) in [6.07, 6.45) is -14.1. The van der Waals surface area contributed by atoms with Crippen molar-refractivity contribution in [1.29, 1.82) is 0 Å². The molecule has 16 heteroatoms. The lowest BCUT2D eigenvalue weighted by Crippen LogP contribution is -2.59. The van der Waals surface area contributed by atoms with E-state index in [9.17, 15) is 46.0 Å². The molecular formula is C29H54O16. The molecule has 266 valence electrons. The maximum absolute atomic E-state index is 10.9. The Kier molecular flexibility index (Phi) is 15.2. The van der Waals surface area contributed by atoms with Crippen LogP contribution in [0.2, 0.25) is 0 Å². The summed E-state index contributed by atoms with van der Waals surface area (Å²) >= 11 is 0. The Hall–Kier alpha value is -0.640. The first kappa shape index (κ1) is 38.8. The fourth-order valence-electron chi connectivity index (χ4n) is 6.23. The Morgan fingerprint density at radius 3 is 1.49 bits per heavy atom. The summed E-state index contributed by atoms with van der Waals surface area (Å²) in [5.41, 5.74) is -0.646. The van der Waals surface area contributed by atoms with Crippen molar-refractivity contribution in [1.82, 2.24) is 0 Å². The molecule has 3 rings (SSSR count). The van der Waals surface area contributed by atoms with Gasteiger partial charge in [0.2, 0.25) is 0 Å². The molecule has 3 aliphatic heterocycles. The van der Waals surface area contributed by atoms with Crippen LogP contribution in [0.3, 0.4) is 0 Å². The van der Waals surface area contributed by atoms with Gasteiger partial charge in [0, 0.05) is 45.7 Å². The Bertz CT molecular complexity index is 847. The van der Waals surface area contributed by atoms with E-state index in [1.54, 1.807) is 13.8 Å². The van der Waals surface area contributed by atoms with Gasteiger partial charge >= 0.3 is 0 Å². The monoisotopic (exact) mass is 658 g/mol. The Balaban J connectivity index is 1.45. The first-order valence-electron chi connectivity index (χ1n) is 15.5. The van der Waals surface area contributed by atoms with Gasteiger partial charge in [-0.05, 0) is 26.7 Å². The summed E-state index contributed by atoms with van der Waals surface area (Å²) in [6, 6.07) is 0. The number of hydrogen-bond acceptors (Lipinski definition) is 16. The molecule has 0 bridgehead atoms. The van der Waals surface area contributed by atoms with Crippen LogP contribution in [0.4, 0.5) is 0 Å². The molecule has 3 fully saturated rings. The fourth-order valence-corrected chi connectivity index (χ4v) is 6.23. The van der Waals surface area contributed by atoms with Gasteiger partial charge in [-0.2, -0.15) is 0 Å². The second kappa shape index (κ2) is 17.7. The summed E-state index contributed by atoms with van der Waals surface area (Å²) in [5, 5.41) is 93.0. The number of ether oxygens (including phenoxy) is 7. The molecule has 9 unspecified atom stereocenters. The van der Waals surface area contributed by atoms with Crippen LogP contribution in [0.15, 0.2) is 0 Å². The maximum Gasteiger partial charge on any atom is 0.186 e. The third-order valence-electron chi connectivity index (χ3n) is 9.25. The van der Waals surface area contributed by atoms with Crippen molar-refractivity contribution in [3.8, 4) is 0 Å². The average Bonchev–Trinajstić information content (AvgIpc) is 3.02. The van der Waals surface area contributed by atoms with E-state index < -0.39 is 110 Å². The lowest BCUT2D eigenvalue weighted by Gasteiger charge is -2.43. The molecule has 0 spiro atoms. The molecule has 0 aromatic rings. The molecule has 3 saturated heterocycles. The molecule has 3 heterocycles. The maximum atomic E-state index is 10.9. The second-order valence-electron chi connectivity index (χ2n) is 12.7. The van der Waals surface area contributed by atoms with Crippen molar-refractivity contribution >= 4 is 0 Å². The third kappa shape index (κ3) is 9.72. The van der Waals surface area contributed by atoms with E-state index >= 15 is 0 Å². The lowest BCUT2D eigenvalue weighted by molar-refractivity contribution is -0.284. The molecule has 0 radical (unpaired) electrons. The van der Waals surface area contributed by atoms with Gasteiger partial charge in [0.1, 0.15) is 42.7 Å². The van der Waals surface area contributed by atoms with Gasteiger partial charge in [-0.15, -0.1) is 0 Å². The molecule has 0 aliphatic carbocycles. The number of aliphatic hydroxyl groups excluding tert-OH is 9. The lowest BCUT2D eigenvalue weighted by atomic mass is 9.84. The number of aliphatic hydroxyl groups is 9. The fraction of sp³-hybridized carbons (Fsp3) is 1.00. The zero-order valence-corrected chi connectivity index (χ0v) is 26.4. The minimum absolute atomic E-state index is 0.0442. The molecule has 16 nitrogen and oxygen atoms in total. The molecule has 0 amide bonds. The van der Waals surface area contributed by atoms with Gasteiger partial charge in [0.15, 0.2) is 6.29 Å². The van der Waals surface area contributed by atoms with Crippen molar-refractivity contribution < 1.29 is 79.1 Å². The van der Waals surface area contributed by atoms with Crippen molar-refractivity contribution in [2.24, 2.45) is 11.8 Å². The summed E-state index contributed by atoms with van der Waals surface area (Å²) in [4.78, 5) is 0. The highest BCUT2D eigenvalue weighted by Crippen LogP contribution is 2.32. The van der Waals surface area contributed by atoms with Crippen molar-refractivity contribution in [3.05, 3.63) is 0 Å². The minimum atomic E-state index is -1.45. The van der Waals surface area contributed by atoms with Crippen LogP contribution in [0.25, 0.3) is 0 Å². The zero-order chi connectivity index (χ0) is 33.5. The van der Waals surface area contributed by atoms with Gasteiger partial charge in [0.25, 0.3) is 0 Å². The predicted molar refractivity (Wildman–Crippen MR) is 153 cm³/mol. The molecular weight excluding hydrogens is 604 g/mol. The Morgan fingerprint density at radius 1 is 0.556 bits per heavy atom. The van der Waals surface area contributed by atoms with E-state index in [1.165, 1.54) is 14.2 Å². The van der Waals surface area contributed by atoms with E-state index in [0.29, 0.717) is 0 Å². The van der Waals surface area contributed by atoms with E-state index in [-0.39, 0.29) is 45.7 Å². The van der Waals surface area contributed by atoms with Crippen molar-refractivity contribution in [2.45, 2.75) is 118 Å². The quantitative estimate of drug-likeness (QED) is 0.0723. The summed E-state index contributed by atoms with van der Waals surface area (Å²) in [7, 11) is 2.84. The number of methoxy groups -OCH3 is 2. The van der Waals surface area contributed by atoms with Gasteiger partial charge in [-0.25, -0.2) is 0 Å². The molecule has 0 aromatic carbocycles. The standard InChI is InChI=1S/C29H54O16/c1-29(2,40-4)9-16-23(34)26(37)25(36)20(43-16)13-42-7-5-14-17(10-30)44-19(24(35)21(14)32)12-41-8-6-15-18(11-31)45-28(39-3)27(38)22(15)33/h14-28,30-38H,5-13H2,1-4H3/t14-,15-,16?,17?,18?,19-,20-,21?,22?,23-,24?,25?,26?,27?,28+/m1/s1. The van der Waals surface area contributed by atoms with E-state index in [1.807, 2.05) is 0 Å². The molecule has 0 aromatic heterocycles. The van der Waals surface area contributed by atoms with Crippen LogP contribution in [0, 0.1) is 11.8 Å². The smallest absolute Gasteiger partial charge is 0.186 e. The molecule has 15 atom stereocenters. The van der Waals surface area contributed by atoms with E-state index in [0.717, 1.165) is 0 Å². The van der Waals surface area contributed by atoms with Gasteiger partial charge in [-0.1, -0.05) is 0 Å². The summed E-state index contributed by atoms with van der Waals surface area (Å²) in [6.45, 7) is 2.61. The van der Waals surface area contributed by atoms with Crippen molar-refractivity contribution in [3.63, 3.8) is 0 Å². The third-order valence-corrected chi connectivity index (χ3v) is 9.25. The van der Waals surface area contributed by atoms with Crippen LogP contribution in [-0.4, -0.2) is 185 Å². The Labute approximate surface area is 263 Å². The average molecular weight is 659 g/mol. The summed E-state index contributed by atoms with van der Waals surface area (Å²) < 4.78 is 38.9.